The van der Waals surface area contributed by atoms with Crippen molar-refractivity contribution in [1.82, 2.24) is 4.90 Å². The molecule has 2 aliphatic rings. The molecule has 0 aromatic heterocycles. The molecule has 80 valence electrons. The topological polar surface area (TPSA) is 20.3 Å². The molecular weight excluding hydrogens is 174 g/mol. The zero-order valence-electron chi connectivity index (χ0n) is 9.33. The fourth-order valence-corrected chi connectivity index (χ4v) is 2.85. The van der Waals surface area contributed by atoms with E-state index in [-0.39, 0.29) is 0 Å². The molecule has 2 bridgehead atoms. The first-order valence-corrected chi connectivity index (χ1v) is 5.98. The van der Waals surface area contributed by atoms with Crippen molar-refractivity contribution >= 4 is 5.78 Å². The second-order valence-electron chi connectivity index (χ2n) is 5.04. The molecule has 2 aliphatic heterocycles. The van der Waals surface area contributed by atoms with E-state index in [9.17, 15) is 4.79 Å². The number of fused-ring (bicyclic) bond motifs is 2. The first-order valence-electron chi connectivity index (χ1n) is 5.98. The van der Waals surface area contributed by atoms with Gasteiger partial charge in [-0.2, -0.15) is 0 Å². The summed E-state index contributed by atoms with van der Waals surface area (Å²) in [5, 5.41) is 0. The van der Waals surface area contributed by atoms with Gasteiger partial charge in [0.15, 0.2) is 0 Å². The van der Waals surface area contributed by atoms with Crippen LogP contribution in [0.5, 0.6) is 0 Å². The molecule has 3 atom stereocenters. The Kier molecular flexibility index (Phi) is 2.91. The van der Waals surface area contributed by atoms with Crippen molar-refractivity contribution < 1.29 is 4.79 Å². The second kappa shape index (κ2) is 4.01. The van der Waals surface area contributed by atoms with Crippen LogP contribution in [0.3, 0.4) is 0 Å². The molecule has 2 fully saturated rings. The monoisotopic (exact) mass is 195 g/mol. The molecule has 2 rings (SSSR count). The minimum atomic E-state index is 0.498. The van der Waals surface area contributed by atoms with E-state index in [4.69, 9.17) is 0 Å². The van der Waals surface area contributed by atoms with E-state index in [1.807, 2.05) is 0 Å². The smallest absolute Gasteiger partial charge is 0.136 e. The Hall–Kier alpha value is -0.370. The van der Waals surface area contributed by atoms with E-state index in [0.717, 1.165) is 18.8 Å². The van der Waals surface area contributed by atoms with Crippen LogP contribution in [0, 0.1) is 5.92 Å². The fourth-order valence-electron chi connectivity index (χ4n) is 2.85. The van der Waals surface area contributed by atoms with Crippen LogP contribution in [0.4, 0.5) is 0 Å². The van der Waals surface area contributed by atoms with Crippen LogP contribution in [0.1, 0.15) is 46.0 Å². The third kappa shape index (κ3) is 1.85. The maximum atomic E-state index is 11.4. The Bertz CT molecular complexity index is 210. The fraction of sp³-hybridized carbons (Fsp3) is 0.917. The number of hydrogen-bond donors (Lipinski definition) is 0. The SMILES string of the molecule is CCC(C)CN1C2CCC1CC(=O)C2. The Morgan fingerprint density at radius 3 is 2.43 bits per heavy atom. The Labute approximate surface area is 86.7 Å². The summed E-state index contributed by atoms with van der Waals surface area (Å²) in [5.41, 5.74) is 0. The first-order chi connectivity index (χ1) is 6.70. The number of hydrogen-bond acceptors (Lipinski definition) is 2. The Balaban J connectivity index is 1.97. The van der Waals surface area contributed by atoms with E-state index >= 15 is 0 Å². The molecule has 14 heavy (non-hydrogen) atoms. The highest BCUT2D eigenvalue weighted by atomic mass is 16.1. The van der Waals surface area contributed by atoms with E-state index in [2.05, 4.69) is 18.7 Å². The number of piperidine rings is 1. The Morgan fingerprint density at radius 1 is 1.36 bits per heavy atom. The summed E-state index contributed by atoms with van der Waals surface area (Å²) in [6.45, 7) is 5.77. The molecule has 0 aromatic carbocycles. The van der Waals surface area contributed by atoms with Gasteiger partial charge in [0, 0.05) is 31.5 Å². The maximum Gasteiger partial charge on any atom is 0.136 e. The predicted octanol–water partition coefficient (Wildman–Crippen LogP) is 2.23. The van der Waals surface area contributed by atoms with Crippen LogP contribution in [0.2, 0.25) is 0 Å². The van der Waals surface area contributed by atoms with E-state index in [1.54, 1.807) is 0 Å². The van der Waals surface area contributed by atoms with Crippen LogP contribution in [-0.4, -0.2) is 29.3 Å². The van der Waals surface area contributed by atoms with Gasteiger partial charge in [-0.3, -0.25) is 9.69 Å². The van der Waals surface area contributed by atoms with E-state index in [0.29, 0.717) is 17.9 Å². The van der Waals surface area contributed by atoms with Crippen molar-refractivity contribution in [3.8, 4) is 0 Å². The van der Waals surface area contributed by atoms with Gasteiger partial charge in [0.1, 0.15) is 5.78 Å². The summed E-state index contributed by atoms with van der Waals surface area (Å²) >= 11 is 0. The lowest BCUT2D eigenvalue weighted by atomic mass is 9.99. The Morgan fingerprint density at radius 2 is 1.93 bits per heavy atom. The van der Waals surface area contributed by atoms with Crippen molar-refractivity contribution in [2.75, 3.05) is 6.54 Å². The molecule has 0 amide bonds. The molecule has 0 spiro atoms. The normalized spacial score (nSPS) is 34.9. The first kappa shape index (κ1) is 10.2. The van der Waals surface area contributed by atoms with Crippen molar-refractivity contribution in [2.45, 2.75) is 58.0 Å². The summed E-state index contributed by atoms with van der Waals surface area (Å²) in [5.74, 6) is 1.28. The predicted molar refractivity (Wildman–Crippen MR) is 57.2 cm³/mol. The van der Waals surface area contributed by atoms with Gasteiger partial charge in [-0.05, 0) is 18.8 Å². The van der Waals surface area contributed by atoms with Gasteiger partial charge in [0.25, 0.3) is 0 Å². The minimum Gasteiger partial charge on any atom is -0.300 e. The molecule has 0 radical (unpaired) electrons. The standard InChI is InChI=1S/C12H21NO/c1-3-9(2)8-13-10-4-5-11(13)7-12(14)6-10/h9-11H,3-8H2,1-2H3. The number of Topliss-reactive ketones (excluding diaryl/α,β-unsaturated/α-hetero) is 1. The maximum absolute atomic E-state index is 11.4. The van der Waals surface area contributed by atoms with Gasteiger partial charge >= 0.3 is 0 Å². The zero-order chi connectivity index (χ0) is 10.1. The van der Waals surface area contributed by atoms with Crippen molar-refractivity contribution in [3.63, 3.8) is 0 Å². The minimum absolute atomic E-state index is 0.498. The summed E-state index contributed by atoms with van der Waals surface area (Å²) in [6.07, 6.45) is 5.42. The van der Waals surface area contributed by atoms with Gasteiger partial charge in [0.2, 0.25) is 0 Å². The third-order valence-electron chi connectivity index (χ3n) is 3.92. The molecule has 0 aromatic rings. The second-order valence-corrected chi connectivity index (χ2v) is 5.04. The summed E-state index contributed by atoms with van der Waals surface area (Å²) in [6, 6.07) is 1.19. The molecule has 2 heterocycles. The zero-order valence-corrected chi connectivity index (χ0v) is 9.33. The summed E-state index contributed by atoms with van der Waals surface area (Å²) in [7, 11) is 0. The highest BCUT2D eigenvalue weighted by Crippen LogP contribution is 2.34. The molecule has 2 heteroatoms. The van der Waals surface area contributed by atoms with Gasteiger partial charge in [0.05, 0.1) is 0 Å². The van der Waals surface area contributed by atoms with E-state index in [1.165, 1.54) is 25.8 Å². The number of rotatable bonds is 3. The molecule has 2 saturated heterocycles. The van der Waals surface area contributed by atoms with Crippen molar-refractivity contribution in [3.05, 3.63) is 0 Å². The van der Waals surface area contributed by atoms with Gasteiger partial charge in [-0.15, -0.1) is 0 Å². The summed E-state index contributed by atoms with van der Waals surface area (Å²) in [4.78, 5) is 14.0. The van der Waals surface area contributed by atoms with Gasteiger partial charge in [-0.1, -0.05) is 20.3 Å². The largest absolute Gasteiger partial charge is 0.300 e. The lowest BCUT2D eigenvalue weighted by molar-refractivity contribution is -0.123. The number of carbonyl (C=O) groups excluding carboxylic acids is 1. The van der Waals surface area contributed by atoms with Crippen molar-refractivity contribution in [2.24, 2.45) is 5.92 Å². The lowest BCUT2D eigenvalue weighted by Gasteiger charge is -2.35. The number of ketones is 1. The van der Waals surface area contributed by atoms with Crippen LogP contribution >= 0.6 is 0 Å². The quantitative estimate of drug-likeness (QED) is 0.688. The average Bonchev–Trinajstić information content (AvgIpc) is 2.41. The van der Waals surface area contributed by atoms with Crippen molar-refractivity contribution in [1.29, 1.82) is 0 Å². The number of carbonyl (C=O) groups is 1. The molecule has 2 nitrogen and oxygen atoms in total. The van der Waals surface area contributed by atoms with Crippen LogP contribution < -0.4 is 0 Å². The average molecular weight is 195 g/mol. The summed E-state index contributed by atoms with van der Waals surface area (Å²) < 4.78 is 0. The molecule has 0 N–H and O–H groups in total. The highest BCUT2D eigenvalue weighted by molar-refractivity contribution is 5.80. The molecule has 3 unspecified atom stereocenters. The molecule has 0 aliphatic carbocycles. The van der Waals surface area contributed by atoms with Gasteiger partial charge in [-0.25, -0.2) is 0 Å². The molecular formula is C12H21NO. The van der Waals surface area contributed by atoms with E-state index < -0.39 is 0 Å². The third-order valence-corrected chi connectivity index (χ3v) is 3.92. The van der Waals surface area contributed by atoms with Crippen LogP contribution in [-0.2, 0) is 4.79 Å². The lowest BCUT2D eigenvalue weighted by Crippen LogP contribution is -2.45. The van der Waals surface area contributed by atoms with Crippen LogP contribution in [0.25, 0.3) is 0 Å². The van der Waals surface area contributed by atoms with Gasteiger partial charge < -0.3 is 0 Å². The highest BCUT2D eigenvalue weighted by Gasteiger charge is 2.39. The van der Waals surface area contributed by atoms with Crippen LogP contribution in [0.15, 0.2) is 0 Å². The molecule has 0 saturated carbocycles. The number of nitrogens with zero attached hydrogens (tertiary/aromatic N) is 1.